The van der Waals surface area contributed by atoms with Crippen LogP contribution in [0.1, 0.15) is 23.6 Å². The summed E-state index contributed by atoms with van der Waals surface area (Å²) in [7, 11) is 0. The first-order chi connectivity index (χ1) is 13.8. The number of thiophene rings is 1. The molecule has 0 N–H and O–H groups in total. The van der Waals surface area contributed by atoms with Crippen molar-refractivity contribution < 1.29 is 13.7 Å². The smallest absolute Gasteiger partial charge is 0.227 e. The molecule has 0 aromatic carbocycles. The lowest BCUT2D eigenvalue weighted by atomic mass is 10.2. The van der Waals surface area contributed by atoms with Crippen molar-refractivity contribution in [2.24, 2.45) is 0 Å². The molecule has 0 bridgehead atoms. The van der Waals surface area contributed by atoms with Crippen LogP contribution in [0, 0.1) is 0 Å². The summed E-state index contributed by atoms with van der Waals surface area (Å²) in [6, 6.07) is 11.3. The highest BCUT2D eigenvalue weighted by Crippen LogP contribution is 2.21. The largest absolute Gasteiger partial charge is 0.467 e. The Morgan fingerprint density at radius 2 is 2.11 bits per heavy atom. The summed E-state index contributed by atoms with van der Waals surface area (Å²) in [5, 5.41) is 5.94. The van der Waals surface area contributed by atoms with Crippen molar-refractivity contribution in [3.05, 3.63) is 77.6 Å². The highest BCUT2D eigenvalue weighted by molar-refractivity contribution is 7.13. The molecule has 4 rings (SSSR count). The Labute approximate surface area is 165 Å². The van der Waals surface area contributed by atoms with Gasteiger partial charge < -0.3 is 13.8 Å². The Bertz CT molecular complexity index is 997. The Hall–Kier alpha value is -3.26. The Kier molecular flexibility index (Phi) is 5.58. The molecule has 0 saturated heterocycles. The highest BCUT2D eigenvalue weighted by atomic mass is 32.1. The fourth-order valence-electron chi connectivity index (χ4n) is 2.77. The molecule has 0 aliphatic heterocycles. The monoisotopic (exact) mass is 394 g/mol. The number of nitrogens with zero attached hydrogens (tertiary/aromatic N) is 4. The summed E-state index contributed by atoms with van der Waals surface area (Å²) in [6.45, 7) is 0.850. The average molecular weight is 394 g/mol. The summed E-state index contributed by atoms with van der Waals surface area (Å²) >= 11 is 1.55. The lowest BCUT2D eigenvalue weighted by Crippen LogP contribution is -2.30. The van der Waals surface area contributed by atoms with Gasteiger partial charge in [-0.25, -0.2) is 0 Å². The molecule has 0 aliphatic rings. The highest BCUT2D eigenvalue weighted by Gasteiger charge is 2.18. The van der Waals surface area contributed by atoms with Crippen LogP contribution in [-0.4, -0.2) is 25.9 Å². The maximum absolute atomic E-state index is 12.9. The van der Waals surface area contributed by atoms with Gasteiger partial charge >= 0.3 is 0 Å². The molecule has 4 aromatic heterocycles. The second kappa shape index (κ2) is 8.62. The number of aromatic nitrogens is 3. The zero-order valence-corrected chi connectivity index (χ0v) is 15.8. The van der Waals surface area contributed by atoms with Gasteiger partial charge in [-0.05, 0) is 35.2 Å². The molecule has 1 amide bonds. The molecule has 4 aromatic rings. The van der Waals surface area contributed by atoms with Crippen molar-refractivity contribution in [3.8, 4) is 10.7 Å². The molecule has 0 saturated carbocycles. The molecule has 0 atom stereocenters. The third-order valence-electron chi connectivity index (χ3n) is 4.14. The summed E-state index contributed by atoms with van der Waals surface area (Å²) in [5.41, 5.74) is 0.958. The van der Waals surface area contributed by atoms with Crippen molar-refractivity contribution in [2.75, 3.05) is 0 Å². The van der Waals surface area contributed by atoms with Crippen LogP contribution < -0.4 is 0 Å². The first-order valence-electron chi connectivity index (χ1n) is 8.83. The minimum absolute atomic E-state index is 0.0175. The maximum Gasteiger partial charge on any atom is 0.227 e. The van der Waals surface area contributed by atoms with Crippen LogP contribution in [0.5, 0.6) is 0 Å². The topological polar surface area (TPSA) is 85.3 Å². The van der Waals surface area contributed by atoms with Crippen LogP contribution in [0.15, 0.2) is 69.4 Å². The molecule has 7 nitrogen and oxygen atoms in total. The number of aryl methyl sites for hydroxylation is 1. The number of hydrogen-bond donors (Lipinski definition) is 0. The van der Waals surface area contributed by atoms with Crippen molar-refractivity contribution >= 4 is 17.2 Å². The zero-order chi connectivity index (χ0) is 19.2. The summed E-state index contributed by atoms with van der Waals surface area (Å²) in [6.07, 6.45) is 5.73. The van der Waals surface area contributed by atoms with E-state index in [-0.39, 0.29) is 12.3 Å². The average Bonchev–Trinajstić information content (AvgIpc) is 3.48. The molecule has 28 heavy (non-hydrogen) atoms. The summed E-state index contributed by atoms with van der Waals surface area (Å²) in [5.74, 6) is 1.72. The minimum Gasteiger partial charge on any atom is -0.467 e. The van der Waals surface area contributed by atoms with E-state index in [9.17, 15) is 4.79 Å². The van der Waals surface area contributed by atoms with Gasteiger partial charge in [0.2, 0.25) is 17.6 Å². The molecule has 0 radical (unpaired) electrons. The molecule has 0 spiro atoms. The number of pyridine rings is 1. The van der Waals surface area contributed by atoms with Gasteiger partial charge in [-0.1, -0.05) is 17.3 Å². The van der Waals surface area contributed by atoms with Crippen LogP contribution in [0.4, 0.5) is 0 Å². The quantitative estimate of drug-likeness (QED) is 0.450. The third-order valence-corrected chi connectivity index (χ3v) is 5.00. The van der Waals surface area contributed by atoms with Crippen molar-refractivity contribution in [3.63, 3.8) is 0 Å². The van der Waals surface area contributed by atoms with Gasteiger partial charge in [0.25, 0.3) is 0 Å². The van der Waals surface area contributed by atoms with E-state index in [1.807, 2.05) is 41.8 Å². The number of rotatable bonds is 8. The Morgan fingerprint density at radius 3 is 2.86 bits per heavy atom. The van der Waals surface area contributed by atoms with Gasteiger partial charge in [0.05, 0.1) is 17.7 Å². The lowest BCUT2D eigenvalue weighted by Gasteiger charge is -2.21. The van der Waals surface area contributed by atoms with Gasteiger partial charge in [-0.15, -0.1) is 11.3 Å². The van der Waals surface area contributed by atoms with E-state index in [4.69, 9.17) is 8.94 Å². The SMILES string of the molecule is O=C(CCc1nc(-c2cccs2)no1)N(Cc1cccnc1)Cc1ccco1. The van der Waals surface area contributed by atoms with Crippen molar-refractivity contribution in [1.82, 2.24) is 20.0 Å². The first kappa shape index (κ1) is 18.1. The molecule has 0 aliphatic carbocycles. The van der Waals surface area contributed by atoms with E-state index in [1.165, 1.54) is 0 Å². The van der Waals surface area contributed by atoms with E-state index in [0.29, 0.717) is 31.2 Å². The molecular formula is C20H18N4O3S. The van der Waals surface area contributed by atoms with Crippen LogP contribution >= 0.6 is 11.3 Å². The maximum atomic E-state index is 12.9. The zero-order valence-electron chi connectivity index (χ0n) is 15.0. The van der Waals surface area contributed by atoms with Crippen LogP contribution in [-0.2, 0) is 24.3 Å². The van der Waals surface area contributed by atoms with Gasteiger partial charge in [0, 0.05) is 31.8 Å². The number of carbonyl (C=O) groups is 1. The van der Waals surface area contributed by atoms with Crippen LogP contribution in [0.3, 0.4) is 0 Å². The molecule has 142 valence electrons. The summed E-state index contributed by atoms with van der Waals surface area (Å²) < 4.78 is 10.7. The van der Waals surface area contributed by atoms with Gasteiger partial charge in [-0.3, -0.25) is 9.78 Å². The lowest BCUT2D eigenvalue weighted by molar-refractivity contribution is -0.132. The van der Waals surface area contributed by atoms with Crippen LogP contribution in [0.25, 0.3) is 10.7 Å². The second-order valence-electron chi connectivity index (χ2n) is 6.18. The molecule has 0 unspecified atom stereocenters. The minimum atomic E-state index is -0.0175. The van der Waals surface area contributed by atoms with E-state index >= 15 is 0 Å². The molecule has 4 heterocycles. The Balaban J connectivity index is 1.41. The second-order valence-corrected chi connectivity index (χ2v) is 7.13. The number of hydrogen-bond acceptors (Lipinski definition) is 7. The fraction of sp³-hybridized carbons (Fsp3) is 0.200. The normalized spacial score (nSPS) is 10.9. The molecule has 0 fully saturated rings. The number of furan rings is 1. The Morgan fingerprint density at radius 1 is 1.14 bits per heavy atom. The van der Waals surface area contributed by atoms with E-state index < -0.39 is 0 Å². The van der Waals surface area contributed by atoms with Gasteiger partial charge in [-0.2, -0.15) is 4.98 Å². The predicted molar refractivity (Wildman–Crippen MR) is 103 cm³/mol. The molecule has 8 heteroatoms. The van der Waals surface area contributed by atoms with E-state index in [0.717, 1.165) is 16.2 Å². The first-order valence-corrected chi connectivity index (χ1v) is 9.71. The van der Waals surface area contributed by atoms with Crippen LogP contribution in [0.2, 0.25) is 0 Å². The van der Waals surface area contributed by atoms with Crippen molar-refractivity contribution in [2.45, 2.75) is 25.9 Å². The van der Waals surface area contributed by atoms with E-state index in [1.54, 1.807) is 34.9 Å². The van der Waals surface area contributed by atoms with Crippen molar-refractivity contribution in [1.29, 1.82) is 0 Å². The van der Waals surface area contributed by atoms with Gasteiger partial charge in [0.1, 0.15) is 5.76 Å². The summed E-state index contributed by atoms with van der Waals surface area (Å²) in [4.78, 5) is 24.0. The standard InChI is InChI=1S/C20H18N4O3S/c25-19(8-7-18-22-20(23-27-18)17-6-3-11-28-17)24(14-16-5-2-10-26-16)13-15-4-1-9-21-12-15/h1-6,9-12H,7-8,13-14H2. The third kappa shape index (κ3) is 4.52. The fourth-order valence-corrected chi connectivity index (χ4v) is 3.42. The predicted octanol–water partition coefficient (Wildman–Crippen LogP) is 3.95. The number of amides is 1. The van der Waals surface area contributed by atoms with Gasteiger partial charge in [0.15, 0.2) is 0 Å². The van der Waals surface area contributed by atoms with E-state index in [2.05, 4.69) is 15.1 Å². The molecular weight excluding hydrogens is 376 g/mol. The number of carbonyl (C=O) groups excluding carboxylic acids is 1.